The largest absolute Gasteiger partial charge is 0.490 e. The van der Waals surface area contributed by atoms with Crippen LogP contribution in [0.25, 0.3) is 0 Å². The van der Waals surface area contributed by atoms with E-state index in [1.165, 1.54) is 13.5 Å². The Kier molecular flexibility index (Phi) is 5.97. The van der Waals surface area contributed by atoms with Crippen molar-refractivity contribution in [2.24, 2.45) is 23.2 Å². The number of amides is 1. The van der Waals surface area contributed by atoms with E-state index >= 15 is 0 Å². The van der Waals surface area contributed by atoms with Gasteiger partial charge >= 0.3 is 5.56 Å². The van der Waals surface area contributed by atoms with Gasteiger partial charge in [0, 0.05) is 25.0 Å². The van der Waals surface area contributed by atoms with E-state index in [4.69, 9.17) is 4.74 Å². The van der Waals surface area contributed by atoms with Crippen LogP contribution >= 0.6 is 0 Å². The fourth-order valence-electron chi connectivity index (χ4n) is 5.51. The molecule has 172 valence electrons. The number of pyridine rings is 1. The monoisotopic (exact) mass is 439 g/mol. The maximum absolute atomic E-state index is 12.9. The van der Waals surface area contributed by atoms with Crippen LogP contribution in [0, 0.1) is 30.1 Å². The Labute approximate surface area is 188 Å². The van der Waals surface area contributed by atoms with Crippen molar-refractivity contribution in [3.8, 4) is 5.75 Å². The molecule has 2 unspecified atom stereocenters. The van der Waals surface area contributed by atoms with Gasteiger partial charge in [0.2, 0.25) is 11.7 Å². The van der Waals surface area contributed by atoms with Gasteiger partial charge in [0.1, 0.15) is 12.2 Å². The van der Waals surface area contributed by atoms with Crippen LogP contribution in [0.4, 0.5) is 5.69 Å². The molecule has 32 heavy (non-hydrogen) atoms. The highest BCUT2D eigenvalue weighted by Gasteiger charge is 2.56. The lowest BCUT2D eigenvalue weighted by molar-refractivity contribution is -0.122. The van der Waals surface area contributed by atoms with Crippen molar-refractivity contribution < 1.29 is 9.53 Å². The second-order valence-corrected chi connectivity index (χ2v) is 9.84. The number of methoxy groups -OCH3 is 1. The maximum Gasteiger partial charge on any atom is 0.311 e. The van der Waals surface area contributed by atoms with Crippen molar-refractivity contribution in [2.45, 2.75) is 59.7 Å². The average Bonchev–Trinajstić information content (AvgIpc) is 2.76. The highest BCUT2D eigenvalue weighted by molar-refractivity contribution is 5.75. The first kappa shape index (κ1) is 22.3. The average molecular weight is 440 g/mol. The topological polar surface area (TPSA) is 98.1 Å². The van der Waals surface area contributed by atoms with Crippen LogP contribution in [0.1, 0.15) is 44.7 Å². The highest BCUT2D eigenvalue weighted by atomic mass is 16.5. The van der Waals surface area contributed by atoms with Crippen LogP contribution < -0.4 is 20.9 Å². The van der Waals surface area contributed by atoms with Crippen LogP contribution in [0.15, 0.2) is 29.5 Å². The van der Waals surface area contributed by atoms with Crippen LogP contribution in [0.5, 0.6) is 5.75 Å². The number of hydrogen-bond acceptors (Lipinski definition) is 6. The van der Waals surface area contributed by atoms with Gasteiger partial charge < -0.3 is 15.4 Å². The molecule has 5 rings (SSSR count). The fraction of sp³-hybridized carbons (Fsp3) is 0.583. The SMILES string of the molecule is COc1c(NC2C[C@@H]3CC([C@H]2C)C3(C)C)cnn(CC(=O)NCc2ccncc2C)c1=O. The quantitative estimate of drug-likeness (QED) is 0.688. The summed E-state index contributed by atoms with van der Waals surface area (Å²) in [4.78, 5) is 29.4. The van der Waals surface area contributed by atoms with Gasteiger partial charge in [-0.05, 0) is 60.1 Å². The Morgan fingerprint density at radius 1 is 1.31 bits per heavy atom. The van der Waals surface area contributed by atoms with Gasteiger partial charge in [-0.25, -0.2) is 4.68 Å². The molecule has 0 aliphatic heterocycles. The van der Waals surface area contributed by atoms with Crippen LogP contribution in [0.2, 0.25) is 0 Å². The van der Waals surface area contributed by atoms with Gasteiger partial charge in [0.25, 0.3) is 0 Å². The number of carbonyl (C=O) groups is 1. The molecule has 0 radical (unpaired) electrons. The summed E-state index contributed by atoms with van der Waals surface area (Å²) in [6.07, 6.45) is 7.40. The molecule has 3 aliphatic carbocycles. The second kappa shape index (κ2) is 8.56. The Morgan fingerprint density at radius 2 is 2.09 bits per heavy atom. The van der Waals surface area contributed by atoms with Crippen molar-refractivity contribution in [2.75, 3.05) is 12.4 Å². The van der Waals surface area contributed by atoms with Crippen molar-refractivity contribution in [1.29, 1.82) is 0 Å². The zero-order valence-electron chi connectivity index (χ0n) is 19.5. The van der Waals surface area contributed by atoms with E-state index in [9.17, 15) is 9.59 Å². The molecule has 0 spiro atoms. The number of nitrogens with zero attached hydrogens (tertiary/aromatic N) is 3. The first-order valence-corrected chi connectivity index (χ1v) is 11.3. The lowest BCUT2D eigenvalue weighted by atomic mass is 9.45. The molecule has 2 N–H and O–H groups in total. The Morgan fingerprint density at radius 3 is 2.75 bits per heavy atom. The molecule has 3 aliphatic rings. The van der Waals surface area contributed by atoms with E-state index in [2.05, 4.69) is 41.5 Å². The van der Waals surface area contributed by atoms with Crippen LogP contribution in [-0.4, -0.2) is 33.8 Å². The number of ether oxygens (including phenoxy) is 1. The van der Waals surface area contributed by atoms with E-state index in [0.29, 0.717) is 35.4 Å². The van der Waals surface area contributed by atoms with Crippen molar-refractivity contribution in [3.63, 3.8) is 0 Å². The van der Waals surface area contributed by atoms with Gasteiger partial charge in [0.05, 0.1) is 13.3 Å². The first-order valence-electron chi connectivity index (χ1n) is 11.3. The fourth-order valence-corrected chi connectivity index (χ4v) is 5.51. The van der Waals surface area contributed by atoms with Gasteiger partial charge in [-0.3, -0.25) is 14.6 Å². The van der Waals surface area contributed by atoms with E-state index in [1.807, 2.05) is 13.0 Å². The summed E-state index contributed by atoms with van der Waals surface area (Å²) in [5.41, 5.74) is 2.55. The lowest BCUT2D eigenvalue weighted by Gasteiger charge is -2.62. The summed E-state index contributed by atoms with van der Waals surface area (Å²) in [6, 6.07) is 2.14. The third-order valence-electron chi connectivity index (χ3n) is 7.80. The number of aromatic nitrogens is 3. The number of rotatable bonds is 7. The van der Waals surface area contributed by atoms with E-state index < -0.39 is 5.56 Å². The number of nitrogens with one attached hydrogen (secondary N) is 2. The molecule has 2 heterocycles. The molecule has 2 aromatic rings. The molecule has 3 saturated carbocycles. The van der Waals surface area contributed by atoms with Crippen molar-refractivity contribution in [1.82, 2.24) is 20.1 Å². The van der Waals surface area contributed by atoms with Gasteiger partial charge in [-0.15, -0.1) is 0 Å². The van der Waals surface area contributed by atoms with E-state index in [0.717, 1.165) is 22.2 Å². The minimum Gasteiger partial charge on any atom is -0.490 e. The van der Waals surface area contributed by atoms with Crippen molar-refractivity contribution >= 4 is 11.6 Å². The molecule has 4 atom stereocenters. The Bertz CT molecular complexity index is 1060. The summed E-state index contributed by atoms with van der Waals surface area (Å²) in [5.74, 6) is 1.80. The Balaban J connectivity index is 1.43. The van der Waals surface area contributed by atoms with Crippen LogP contribution in [0.3, 0.4) is 0 Å². The molecule has 0 aromatic carbocycles. The number of hydrogen-bond donors (Lipinski definition) is 2. The zero-order chi connectivity index (χ0) is 23.0. The standard InChI is InChI=1S/C24H33N5O3/c1-14-10-25-7-6-16(14)11-26-21(30)13-29-23(31)22(32-5)20(12-27-29)28-19-9-17-8-18(15(19)2)24(17,3)4/h6-7,10,12,15,17-19,28H,8-9,11,13H2,1-5H3,(H,26,30)/t15-,17+,18?,19?/m1/s1. The van der Waals surface area contributed by atoms with Gasteiger partial charge in [-0.1, -0.05) is 20.8 Å². The zero-order valence-corrected chi connectivity index (χ0v) is 19.5. The minimum absolute atomic E-state index is 0.169. The van der Waals surface area contributed by atoms with Gasteiger partial charge in [-0.2, -0.15) is 5.10 Å². The number of carbonyl (C=O) groups excluding carboxylic acids is 1. The summed E-state index contributed by atoms with van der Waals surface area (Å²) < 4.78 is 6.57. The summed E-state index contributed by atoms with van der Waals surface area (Å²) >= 11 is 0. The predicted molar refractivity (Wildman–Crippen MR) is 122 cm³/mol. The predicted octanol–water partition coefficient (Wildman–Crippen LogP) is 2.75. The molecule has 3 fully saturated rings. The first-order chi connectivity index (χ1) is 15.2. The van der Waals surface area contributed by atoms with Gasteiger partial charge in [0.15, 0.2) is 0 Å². The number of anilines is 1. The third-order valence-corrected chi connectivity index (χ3v) is 7.80. The smallest absolute Gasteiger partial charge is 0.311 e. The van der Waals surface area contributed by atoms with E-state index in [1.54, 1.807) is 18.6 Å². The second-order valence-electron chi connectivity index (χ2n) is 9.84. The maximum atomic E-state index is 12.9. The number of aryl methyl sites for hydroxylation is 1. The molecule has 2 aromatic heterocycles. The normalized spacial score (nSPS) is 25.5. The molecular weight excluding hydrogens is 406 g/mol. The molecular formula is C24H33N5O3. The lowest BCUT2D eigenvalue weighted by Crippen LogP contribution is -2.58. The molecule has 1 amide bonds. The highest BCUT2D eigenvalue weighted by Crippen LogP contribution is 2.61. The third kappa shape index (κ3) is 3.98. The minimum atomic E-state index is -0.415. The summed E-state index contributed by atoms with van der Waals surface area (Å²) in [5, 5.41) is 10.6. The molecule has 0 saturated heterocycles. The molecule has 2 bridgehead atoms. The molecule has 8 heteroatoms. The summed E-state index contributed by atoms with van der Waals surface area (Å²) in [7, 11) is 1.48. The summed E-state index contributed by atoms with van der Waals surface area (Å²) in [6.45, 7) is 9.16. The number of fused-ring (bicyclic) bond motifs is 2. The van der Waals surface area contributed by atoms with Crippen LogP contribution in [-0.2, 0) is 17.9 Å². The van der Waals surface area contributed by atoms with Crippen molar-refractivity contribution in [3.05, 3.63) is 46.1 Å². The Hall–Kier alpha value is -2.90. The molecule has 8 nitrogen and oxygen atoms in total. The van der Waals surface area contributed by atoms with E-state index in [-0.39, 0.29) is 24.2 Å².